The van der Waals surface area contributed by atoms with E-state index in [9.17, 15) is 4.79 Å². The van der Waals surface area contributed by atoms with Crippen molar-refractivity contribution < 1.29 is 9.32 Å². The van der Waals surface area contributed by atoms with Crippen LogP contribution in [0, 0.1) is 0 Å². The van der Waals surface area contributed by atoms with Gasteiger partial charge in [0, 0.05) is 45.9 Å². The van der Waals surface area contributed by atoms with Crippen molar-refractivity contribution in [3.63, 3.8) is 0 Å². The predicted octanol–water partition coefficient (Wildman–Crippen LogP) is 2.51. The Balaban J connectivity index is 1.46. The maximum absolute atomic E-state index is 12.2. The van der Waals surface area contributed by atoms with Gasteiger partial charge in [0.1, 0.15) is 5.82 Å². The Labute approximate surface area is 158 Å². The summed E-state index contributed by atoms with van der Waals surface area (Å²) in [6.07, 6.45) is 1.23. The van der Waals surface area contributed by atoms with E-state index in [1.165, 1.54) is 0 Å². The van der Waals surface area contributed by atoms with Gasteiger partial charge in [0.2, 0.25) is 5.89 Å². The third-order valence-corrected chi connectivity index (χ3v) is 4.50. The summed E-state index contributed by atoms with van der Waals surface area (Å²) in [5, 5.41) is 6.88. The highest BCUT2D eigenvalue weighted by Gasteiger charge is 2.13. The maximum atomic E-state index is 12.2. The number of rotatable bonds is 7. The van der Waals surface area contributed by atoms with Gasteiger partial charge >= 0.3 is 6.03 Å². The molecule has 0 saturated heterocycles. The number of carbonyl (C=O) groups excluding carboxylic acids is 1. The number of benzene rings is 1. The number of likely N-dealkylation sites (N-methyl/N-ethyl adjacent to an activating group) is 1. The summed E-state index contributed by atoms with van der Waals surface area (Å²) >= 11 is 0. The van der Waals surface area contributed by atoms with Crippen LogP contribution in [-0.2, 0) is 19.9 Å². The molecule has 3 aromatic rings. The van der Waals surface area contributed by atoms with Crippen LogP contribution in [0.1, 0.15) is 37.3 Å². The van der Waals surface area contributed by atoms with E-state index in [1.54, 1.807) is 11.9 Å². The van der Waals surface area contributed by atoms with Crippen molar-refractivity contribution >= 4 is 17.1 Å². The fourth-order valence-corrected chi connectivity index (χ4v) is 2.81. The minimum Gasteiger partial charge on any atom is -0.339 e. The number of aryl methyl sites for hydroxylation is 1. The van der Waals surface area contributed by atoms with E-state index >= 15 is 0 Å². The van der Waals surface area contributed by atoms with Crippen LogP contribution in [0.5, 0.6) is 0 Å². The molecule has 27 heavy (non-hydrogen) atoms. The van der Waals surface area contributed by atoms with Gasteiger partial charge in [0.15, 0.2) is 5.82 Å². The first-order valence-corrected chi connectivity index (χ1v) is 9.17. The zero-order valence-corrected chi connectivity index (χ0v) is 16.3. The molecule has 0 unspecified atom stereocenters. The minimum atomic E-state index is -0.124. The van der Waals surface area contributed by atoms with Crippen LogP contribution in [0.3, 0.4) is 0 Å². The molecule has 0 saturated carbocycles. The van der Waals surface area contributed by atoms with Gasteiger partial charge in [-0.25, -0.2) is 9.78 Å². The molecule has 3 rings (SSSR count). The Bertz CT molecular complexity index is 914. The van der Waals surface area contributed by atoms with Gasteiger partial charge in [-0.15, -0.1) is 0 Å². The van der Waals surface area contributed by atoms with Crippen LogP contribution in [0.15, 0.2) is 28.8 Å². The molecule has 1 N–H and O–H groups in total. The number of imidazole rings is 1. The molecule has 0 fully saturated rings. The van der Waals surface area contributed by atoms with E-state index < -0.39 is 0 Å². The highest BCUT2D eigenvalue weighted by atomic mass is 16.5. The lowest BCUT2D eigenvalue weighted by Crippen LogP contribution is -2.39. The summed E-state index contributed by atoms with van der Waals surface area (Å²) in [6.45, 7) is 5.05. The summed E-state index contributed by atoms with van der Waals surface area (Å²) in [7, 11) is 3.75. The van der Waals surface area contributed by atoms with Crippen molar-refractivity contribution in [1.29, 1.82) is 0 Å². The van der Waals surface area contributed by atoms with Gasteiger partial charge in [-0.3, -0.25) is 0 Å². The van der Waals surface area contributed by atoms with E-state index in [4.69, 9.17) is 4.52 Å². The van der Waals surface area contributed by atoms with E-state index in [1.807, 2.05) is 45.2 Å². The molecule has 2 aromatic heterocycles. The van der Waals surface area contributed by atoms with Crippen LogP contribution in [0.4, 0.5) is 4.79 Å². The first-order chi connectivity index (χ1) is 13.0. The summed E-state index contributed by atoms with van der Waals surface area (Å²) < 4.78 is 7.24. The van der Waals surface area contributed by atoms with E-state index in [0.29, 0.717) is 37.6 Å². The standard InChI is InChI=1S/C19H26N6O2/c1-13(2)18-22-16(23-27-18)10-12-24(3)19(26)20-11-9-17-21-14-7-5-6-8-15(14)25(17)4/h5-8,13H,9-12H2,1-4H3,(H,20,26). The molecule has 1 aromatic carbocycles. The monoisotopic (exact) mass is 370 g/mol. The number of urea groups is 1. The number of aromatic nitrogens is 4. The molecule has 8 nitrogen and oxygen atoms in total. The molecule has 0 aliphatic carbocycles. The molecular weight excluding hydrogens is 344 g/mol. The Morgan fingerprint density at radius 1 is 1.26 bits per heavy atom. The number of hydrogen-bond acceptors (Lipinski definition) is 5. The lowest BCUT2D eigenvalue weighted by molar-refractivity contribution is 0.209. The number of para-hydroxylation sites is 2. The number of carbonyl (C=O) groups is 1. The largest absolute Gasteiger partial charge is 0.339 e. The molecule has 0 atom stereocenters. The van der Waals surface area contributed by atoms with Gasteiger partial charge in [-0.05, 0) is 12.1 Å². The zero-order chi connectivity index (χ0) is 19.4. The Morgan fingerprint density at radius 2 is 2.04 bits per heavy atom. The van der Waals surface area contributed by atoms with E-state index in [-0.39, 0.29) is 11.9 Å². The highest BCUT2D eigenvalue weighted by Crippen LogP contribution is 2.14. The average molecular weight is 370 g/mol. The molecule has 0 aliphatic rings. The average Bonchev–Trinajstić information content (AvgIpc) is 3.25. The number of amides is 2. The van der Waals surface area contributed by atoms with E-state index in [0.717, 1.165) is 16.9 Å². The topological polar surface area (TPSA) is 89.1 Å². The van der Waals surface area contributed by atoms with Gasteiger partial charge in [0.25, 0.3) is 0 Å². The summed E-state index contributed by atoms with van der Waals surface area (Å²) in [4.78, 5) is 22.8. The van der Waals surface area contributed by atoms with Crippen molar-refractivity contribution in [1.82, 2.24) is 29.9 Å². The molecule has 8 heteroatoms. The first kappa shape index (κ1) is 18.9. The van der Waals surface area contributed by atoms with E-state index in [2.05, 4.69) is 25.0 Å². The number of nitrogens with zero attached hydrogens (tertiary/aromatic N) is 5. The normalized spacial score (nSPS) is 11.3. The molecular formula is C19H26N6O2. The number of hydrogen-bond donors (Lipinski definition) is 1. The molecule has 0 radical (unpaired) electrons. The third kappa shape index (κ3) is 4.45. The minimum absolute atomic E-state index is 0.124. The SMILES string of the molecule is CC(C)c1nc(CCN(C)C(=O)NCCc2nc3ccccc3n2C)no1. The predicted molar refractivity (Wildman–Crippen MR) is 103 cm³/mol. The van der Waals surface area contributed by atoms with Gasteiger partial charge in [-0.1, -0.05) is 31.1 Å². The quantitative estimate of drug-likeness (QED) is 0.690. The number of nitrogens with one attached hydrogen (secondary N) is 1. The second-order valence-corrected chi connectivity index (χ2v) is 6.93. The van der Waals surface area contributed by atoms with Crippen molar-refractivity contribution in [2.75, 3.05) is 20.1 Å². The van der Waals surface area contributed by atoms with Crippen LogP contribution in [0.2, 0.25) is 0 Å². The zero-order valence-electron chi connectivity index (χ0n) is 16.3. The Hall–Kier alpha value is -2.90. The van der Waals surface area contributed by atoms with Crippen LogP contribution in [-0.4, -0.2) is 50.8 Å². The lowest BCUT2D eigenvalue weighted by atomic mass is 10.2. The fourth-order valence-electron chi connectivity index (χ4n) is 2.81. The van der Waals surface area contributed by atoms with Crippen molar-refractivity contribution in [3.05, 3.63) is 41.8 Å². The summed E-state index contributed by atoms with van der Waals surface area (Å²) in [6, 6.07) is 7.89. The van der Waals surface area contributed by atoms with Crippen LogP contribution < -0.4 is 5.32 Å². The van der Waals surface area contributed by atoms with Gasteiger partial charge in [0.05, 0.1) is 11.0 Å². The fraction of sp³-hybridized carbons (Fsp3) is 0.474. The summed E-state index contributed by atoms with van der Waals surface area (Å²) in [5.74, 6) is 2.40. The molecule has 0 aliphatic heterocycles. The van der Waals surface area contributed by atoms with Crippen molar-refractivity contribution in [2.24, 2.45) is 7.05 Å². The first-order valence-electron chi connectivity index (χ1n) is 9.17. The molecule has 0 bridgehead atoms. The molecule has 2 amide bonds. The van der Waals surface area contributed by atoms with Crippen molar-refractivity contribution in [2.45, 2.75) is 32.6 Å². The molecule has 0 spiro atoms. The number of fused-ring (bicyclic) bond motifs is 1. The molecule has 144 valence electrons. The molecule has 2 heterocycles. The van der Waals surface area contributed by atoms with Gasteiger partial charge < -0.3 is 19.3 Å². The van der Waals surface area contributed by atoms with Crippen LogP contribution in [0.25, 0.3) is 11.0 Å². The third-order valence-electron chi connectivity index (χ3n) is 4.50. The highest BCUT2D eigenvalue weighted by molar-refractivity contribution is 5.76. The summed E-state index contributed by atoms with van der Waals surface area (Å²) in [5.41, 5.74) is 2.07. The second-order valence-electron chi connectivity index (χ2n) is 6.93. The Morgan fingerprint density at radius 3 is 2.74 bits per heavy atom. The van der Waals surface area contributed by atoms with Crippen molar-refractivity contribution in [3.8, 4) is 0 Å². The van der Waals surface area contributed by atoms with Crippen LogP contribution >= 0.6 is 0 Å². The van der Waals surface area contributed by atoms with Gasteiger partial charge in [-0.2, -0.15) is 4.98 Å². The smallest absolute Gasteiger partial charge is 0.317 e. The second kappa shape index (κ2) is 8.20. The Kier molecular flexibility index (Phi) is 5.73. The maximum Gasteiger partial charge on any atom is 0.317 e. The lowest BCUT2D eigenvalue weighted by Gasteiger charge is -2.17.